The number of hydrogen-bond donors (Lipinski definition) is 1. The summed E-state index contributed by atoms with van der Waals surface area (Å²) in [5.41, 5.74) is 3.06. The molecule has 1 saturated heterocycles. The summed E-state index contributed by atoms with van der Waals surface area (Å²) in [6, 6.07) is 14.0. The summed E-state index contributed by atoms with van der Waals surface area (Å²) in [6.07, 6.45) is 4.04. The van der Waals surface area contributed by atoms with Crippen LogP contribution in [0.15, 0.2) is 42.5 Å². The van der Waals surface area contributed by atoms with Crippen molar-refractivity contribution < 1.29 is 14.6 Å². The van der Waals surface area contributed by atoms with Crippen LogP contribution in [0, 0.1) is 11.8 Å². The quantitative estimate of drug-likeness (QED) is 0.868. The molecule has 142 valence electrons. The van der Waals surface area contributed by atoms with E-state index in [4.69, 9.17) is 4.74 Å². The fraction of sp³-hybridized carbons (Fsp3) is 0.435. The SMILES string of the molecule is COc1cc2c(cc1O)C(=O)[C@@H](CC1CCN(Cc3ccccc3)CC1)C2. The first-order valence-electron chi connectivity index (χ1n) is 9.84. The smallest absolute Gasteiger partial charge is 0.166 e. The molecular weight excluding hydrogens is 338 g/mol. The number of aromatic hydroxyl groups is 1. The number of carbonyl (C=O) groups excluding carboxylic acids is 1. The van der Waals surface area contributed by atoms with Gasteiger partial charge in [-0.2, -0.15) is 0 Å². The van der Waals surface area contributed by atoms with Crippen molar-refractivity contribution in [1.29, 1.82) is 0 Å². The lowest BCUT2D eigenvalue weighted by Gasteiger charge is -2.32. The molecule has 0 bridgehead atoms. The summed E-state index contributed by atoms with van der Waals surface area (Å²) < 4.78 is 5.18. The molecule has 0 aromatic heterocycles. The molecular formula is C23H27NO3. The van der Waals surface area contributed by atoms with E-state index in [-0.39, 0.29) is 17.5 Å². The third-order valence-corrected chi connectivity index (χ3v) is 6.08. The number of phenols is 1. The Labute approximate surface area is 160 Å². The maximum Gasteiger partial charge on any atom is 0.166 e. The van der Waals surface area contributed by atoms with Gasteiger partial charge in [0.1, 0.15) is 0 Å². The van der Waals surface area contributed by atoms with E-state index in [2.05, 4.69) is 35.2 Å². The van der Waals surface area contributed by atoms with E-state index in [0.29, 0.717) is 17.2 Å². The number of methoxy groups -OCH3 is 1. The Morgan fingerprint density at radius 3 is 2.59 bits per heavy atom. The Morgan fingerprint density at radius 1 is 1.15 bits per heavy atom. The Kier molecular flexibility index (Phi) is 5.17. The zero-order chi connectivity index (χ0) is 18.8. The average Bonchev–Trinajstić information content (AvgIpc) is 2.98. The van der Waals surface area contributed by atoms with E-state index >= 15 is 0 Å². The molecule has 0 amide bonds. The second-order valence-electron chi connectivity index (χ2n) is 7.89. The first-order chi connectivity index (χ1) is 13.1. The number of rotatable bonds is 5. The molecule has 1 aliphatic carbocycles. The van der Waals surface area contributed by atoms with Crippen LogP contribution in [0.3, 0.4) is 0 Å². The first-order valence-corrected chi connectivity index (χ1v) is 9.84. The van der Waals surface area contributed by atoms with Crippen LogP contribution in [0.4, 0.5) is 0 Å². The van der Waals surface area contributed by atoms with Crippen LogP contribution in [0.5, 0.6) is 11.5 Å². The number of likely N-dealkylation sites (tertiary alicyclic amines) is 1. The van der Waals surface area contributed by atoms with Crippen molar-refractivity contribution in [2.45, 2.75) is 32.2 Å². The second kappa shape index (κ2) is 7.73. The summed E-state index contributed by atoms with van der Waals surface area (Å²) in [5.74, 6) is 1.36. The Balaban J connectivity index is 1.32. The van der Waals surface area contributed by atoms with Gasteiger partial charge in [-0.3, -0.25) is 9.69 Å². The number of Topliss-reactive ketones (excluding diaryl/α,β-unsaturated/α-hetero) is 1. The van der Waals surface area contributed by atoms with Crippen LogP contribution < -0.4 is 4.74 Å². The van der Waals surface area contributed by atoms with Crippen LogP contribution >= 0.6 is 0 Å². The third kappa shape index (κ3) is 3.86. The van der Waals surface area contributed by atoms with Gasteiger partial charge < -0.3 is 9.84 Å². The molecule has 2 aromatic carbocycles. The lowest BCUT2D eigenvalue weighted by atomic mass is 9.85. The number of ketones is 1. The van der Waals surface area contributed by atoms with E-state index < -0.39 is 0 Å². The molecule has 1 atom stereocenters. The monoisotopic (exact) mass is 365 g/mol. The molecule has 4 heteroatoms. The van der Waals surface area contributed by atoms with E-state index in [1.807, 2.05) is 6.07 Å². The van der Waals surface area contributed by atoms with Crippen LogP contribution in [0.25, 0.3) is 0 Å². The maximum absolute atomic E-state index is 12.8. The molecule has 0 unspecified atom stereocenters. The molecule has 4 rings (SSSR count). The van der Waals surface area contributed by atoms with Crippen molar-refractivity contribution in [2.24, 2.45) is 11.8 Å². The van der Waals surface area contributed by atoms with Gasteiger partial charge in [-0.15, -0.1) is 0 Å². The van der Waals surface area contributed by atoms with Gasteiger partial charge in [0.25, 0.3) is 0 Å². The molecule has 1 N–H and O–H groups in total. The predicted molar refractivity (Wildman–Crippen MR) is 105 cm³/mol. The van der Waals surface area contributed by atoms with Gasteiger partial charge in [-0.25, -0.2) is 0 Å². The summed E-state index contributed by atoms with van der Waals surface area (Å²) in [5, 5.41) is 9.97. The average molecular weight is 365 g/mol. The molecule has 2 aromatic rings. The zero-order valence-electron chi connectivity index (χ0n) is 15.9. The second-order valence-corrected chi connectivity index (χ2v) is 7.89. The van der Waals surface area contributed by atoms with Gasteiger partial charge in [-0.1, -0.05) is 30.3 Å². The highest BCUT2D eigenvalue weighted by atomic mass is 16.5. The van der Waals surface area contributed by atoms with Crippen molar-refractivity contribution in [3.63, 3.8) is 0 Å². The number of fused-ring (bicyclic) bond motifs is 1. The lowest BCUT2D eigenvalue weighted by molar-refractivity contribution is 0.0895. The minimum absolute atomic E-state index is 0.0529. The molecule has 2 aliphatic rings. The van der Waals surface area contributed by atoms with E-state index in [9.17, 15) is 9.90 Å². The standard InChI is InChI=1S/C23H27NO3/c1-27-22-13-18-12-19(23(26)20(18)14-21(22)25)11-16-7-9-24(10-8-16)15-17-5-3-2-4-6-17/h2-6,13-14,16,19,25H,7-12,15H2,1H3/t19-/m0/s1. The number of phenolic OH excluding ortho intramolecular Hbond substituents is 1. The normalized spacial score (nSPS) is 20.6. The summed E-state index contributed by atoms with van der Waals surface area (Å²) in [7, 11) is 1.54. The topological polar surface area (TPSA) is 49.8 Å². The molecule has 1 fully saturated rings. The number of piperidine rings is 1. The van der Waals surface area contributed by atoms with Crippen molar-refractivity contribution in [3.05, 3.63) is 59.2 Å². The molecule has 4 nitrogen and oxygen atoms in total. The molecule has 27 heavy (non-hydrogen) atoms. The van der Waals surface area contributed by atoms with Crippen molar-refractivity contribution in [1.82, 2.24) is 4.90 Å². The van der Waals surface area contributed by atoms with Gasteiger partial charge >= 0.3 is 0 Å². The van der Waals surface area contributed by atoms with Gasteiger partial charge in [0.2, 0.25) is 0 Å². The molecule has 0 saturated carbocycles. The maximum atomic E-state index is 12.8. The van der Waals surface area contributed by atoms with Crippen LogP contribution in [-0.2, 0) is 13.0 Å². The largest absolute Gasteiger partial charge is 0.504 e. The third-order valence-electron chi connectivity index (χ3n) is 6.08. The molecule has 1 heterocycles. The van der Waals surface area contributed by atoms with Crippen molar-refractivity contribution in [3.8, 4) is 11.5 Å². The Morgan fingerprint density at radius 2 is 1.89 bits per heavy atom. The fourth-order valence-electron chi connectivity index (χ4n) is 4.56. The predicted octanol–water partition coefficient (Wildman–Crippen LogP) is 4.06. The number of nitrogens with zero attached hydrogens (tertiary/aromatic N) is 1. The Hall–Kier alpha value is -2.33. The Bertz CT molecular complexity index is 810. The summed E-state index contributed by atoms with van der Waals surface area (Å²) in [4.78, 5) is 15.3. The molecule has 1 aliphatic heterocycles. The van der Waals surface area contributed by atoms with Crippen molar-refractivity contribution >= 4 is 5.78 Å². The zero-order valence-corrected chi connectivity index (χ0v) is 15.9. The minimum atomic E-state index is 0.0529. The highest BCUT2D eigenvalue weighted by molar-refractivity contribution is 6.02. The van der Waals surface area contributed by atoms with Crippen molar-refractivity contribution in [2.75, 3.05) is 20.2 Å². The van der Waals surface area contributed by atoms with Gasteiger partial charge in [-0.05, 0) is 68.0 Å². The minimum Gasteiger partial charge on any atom is -0.504 e. The first kappa shape index (κ1) is 18.1. The van der Waals surface area contributed by atoms with Crippen LogP contribution in [0.2, 0.25) is 0 Å². The van der Waals surface area contributed by atoms with Crippen LogP contribution in [-0.4, -0.2) is 36.0 Å². The summed E-state index contributed by atoms with van der Waals surface area (Å²) in [6.45, 7) is 3.21. The molecule has 0 radical (unpaired) electrons. The molecule has 0 spiro atoms. The highest BCUT2D eigenvalue weighted by Crippen LogP contribution is 2.39. The number of carbonyl (C=O) groups is 1. The van der Waals surface area contributed by atoms with Crippen LogP contribution in [0.1, 0.15) is 40.7 Å². The highest BCUT2D eigenvalue weighted by Gasteiger charge is 2.34. The number of ether oxygens (including phenoxy) is 1. The van der Waals surface area contributed by atoms with E-state index in [1.54, 1.807) is 13.2 Å². The van der Waals surface area contributed by atoms with Gasteiger partial charge in [0.05, 0.1) is 7.11 Å². The number of benzene rings is 2. The van der Waals surface area contributed by atoms with E-state index in [1.165, 1.54) is 5.56 Å². The number of hydrogen-bond acceptors (Lipinski definition) is 4. The summed E-state index contributed by atoms with van der Waals surface area (Å²) >= 11 is 0. The van der Waals surface area contributed by atoms with Gasteiger partial charge in [0.15, 0.2) is 17.3 Å². The van der Waals surface area contributed by atoms with Gasteiger partial charge in [0, 0.05) is 18.0 Å². The fourth-order valence-corrected chi connectivity index (χ4v) is 4.56. The van der Waals surface area contributed by atoms with E-state index in [0.717, 1.165) is 50.9 Å². The lowest BCUT2D eigenvalue weighted by Crippen LogP contribution is -2.34.